The average Bonchev–Trinajstić information content (AvgIpc) is 2.66. The summed E-state index contributed by atoms with van der Waals surface area (Å²) < 4.78 is 6.71. The van der Waals surface area contributed by atoms with Crippen LogP contribution in [0.15, 0.2) is 46.9 Å². The molecule has 0 saturated heterocycles. The van der Waals surface area contributed by atoms with Gasteiger partial charge in [-0.3, -0.25) is 9.59 Å². The first kappa shape index (κ1) is 22.0. The molecule has 0 aromatic heterocycles. The minimum Gasteiger partial charge on any atom is -0.483 e. The number of benzene rings is 2. The molecule has 0 aliphatic heterocycles. The Morgan fingerprint density at radius 3 is 2.61 bits per heavy atom. The Hall–Kier alpha value is -2.34. The summed E-state index contributed by atoms with van der Waals surface area (Å²) in [4.78, 5) is 26.9. The number of hydrogen-bond donors (Lipinski definition) is 1. The predicted molar refractivity (Wildman–Crippen MR) is 114 cm³/mol. The van der Waals surface area contributed by atoms with Gasteiger partial charge in [0.05, 0.1) is 0 Å². The van der Waals surface area contributed by atoms with Gasteiger partial charge in [0.2, 0.25) is 5.91 Å². The van der Waals surface area contributed by atoms with Crippen molar-refractivity contribution in [3.05, 3.63) is 63.6 Å². The number of aryl methyl sites for hydroxylation is 2. The van der Waals surface area contributed by atoms with Crippen molar-refractivity contribution < 1.29 is 14.3 Å². The van der Waals surface area contributed by atoms with Crippen molar-refractivity contribution in [1.29, 1.82) is 0 Å². The largest absolute Gasteiger partial charge is 0.483 e. The van der Waals surface area contributed by atoms with Crippen LogP contribution in [0.5, 0.6) is 5.75 Å². The molecule has 0 heterocycles. The smallest absolute Gasteiger partial charge is 0.261 e. The lowest BCUT2D eigenvalue weighted by molar-refractivity contribution is -0.142. The summed E-state index contributed by atoms with van der Waals surface area (Å²) in [5.74, 6) is 0.263. The lowest BCUT2D eigenvalue weighted by Crippen LogP contribution is -2.49. The van der Waals surface area contributed by atoms with E-state index in [2.05, 4.69) is 21.2 Å². The molecule has 150 valence electrons. The zero-order valence-corrected chi connectivity index (χ0v) is 18.4. The molecule has 2 amide bonds. The molecule has 28 heavy (non-hydrogen) atoms. The monoisotopic (exact) mass is 446 g/mol. The molecule has 1 atom stereocenters. The first-order valence-corrected chi connectivity index (χ1v) is 10.1. The standard InChI is InChI=1S/C22H27BrN2O3/c1-5-24-22(27)17(4)25(13-18-7-6-8-19(23)12-18)21(26)14-28-20-11-15(2)9-10-16(20)3/h6-12,17H,5,13-14H2,1-4H3,(H,24,27)/t17-/m0/s1. The molecule has 0 aliphatic carbocycles. The first-order chi connectivity index (χ1) is 13.3. The van der Waals surface area contributed by atoms with Crippen molar-refractivity contribution in [3.63, 3.8) is 0 Å². The molecule has 5 nitrogen and oxygen atoms in total. The van der Waals surface area contributed by atoms with E-state index in [9.17, 15) is 9.59 Å². The molecule has 1 N–H and O–H groups in total. The average molecular weight is 447 g/mol. The molecule has 2 rings (SSSR count). The Morgan fingerprint density at radius 2 is 1.93 bits per heavy atom. The Morgan fingerprint density at radius 1 is 1.18 bits per heavy atom. The number of ether oxygens (including phenoxy) is 1. The van der Waals surface area contributed by atoms with Gasteiger partial charge in [-0.15, -0.1) is 0 Å². The maximum absolute atomic E-state index is 13.0. The fourth-order valence-corrected chi connectivity index (χ4v) is 3.27. The van der Waals surface area contributed by atoms with Crippen LogP contribution in [-0.4, -0.2) is 35.9 Å². The van der Waals surface area contributed by atoms with Gasteiger partial charge >= 0.3 is 0 Å². The van der Waals surface area contributed by atoms with Crippen LogP contribution >= 0.6 is 15.9 Å². The summed E-state index contributed by atoms with van der Waals surface area (Å²) in [5, 5.41) is 2.79. The van der Waals surface area contributed by atoms with Crippen molar-refractivity contribution >= 4 is 27.7 Å². The summed E-state index contributed by atoms with van der Waals surface area (Å²) in [5.41, 5.74) is 2.97. The summed E-state index contributed by atoms with van der Waals surface area (Å²) >= 11 is 3.45. The topological polar surface area (TPSA) is 58.6 Å². The Balaban J connectivity index is 2.17. The fourth-order valence-electron chi connectivity index (χ4n) is 2.82. The van der Waals surface area contributed by atoms with Gasteiger partial charge in [-0.25, -0.2) is 0 Å². The summed E-state index contributed by atoms with van der Waals surface area (Å²) in [6.07, 6.45) is 0. The molecule has 0 unspecified atom stereocenters. The van der Waals surface area contributed by atoms with Crippen LogP contribution in [0.1, 0.15) is 30.5 Å². The molecular formula is C22H27BrN2O3. The normalized spacial score (nSPS) is 11.6. The second kappa shape index (κ2) is 10.3. The van der Waals surface area contributed by atoms with E-state index in [0.717, 1.165) is 21.2 Å². The van der Waals surface area contributed by atoms with Crippen LogP contribution in [0.3, 0.4) is 0 Å². The first-order valence-electron chi connectivity index (χ1n) is 9.33. The highest BCUT2D eigenvalue weighted by molar-refractivity contribution is 9.10. The van der Waals surface area contributed by atoms with Crippen LogP contribution in [0, 0.1) is 13.8 Å². The zero-order valence-electron chi connectivity index (χ0n) is 16.8. The van der Waals surface area contributed by atoms with E-state index in [0.29, 0.717) is 18.8 Å². The van der Waals surface area contributed by atoms with Gasteiger partial charge in [0.25, 0.3) is 5.91 Å². The quantitative estimate of drug-likeness (QED) is 0.666. The van der Waals surface area contributed by atoms with Crippen LogP contribution in [-0.2, 0) is 16.1 Å². The van der Waals surface area contributed by atoms with Crippen molar-refractivity contribution in [1.82, 2.24) is 10.2 Å². The number of amides is 2. The summed E-state index contributed by atoms with van der Waals surface area (Å²) in [7, 11) is 0. The maximum Gasteiger partial charge on any atom is 0.261 e. The summed E-state index contributed by atoms with van der Waals surface area (Å²) in [6, 6.07) is 13.0. The number of halogens is 1. The predicted octanol–water partition coefficient (Wildman–Crippen LogP) is 4.00. The zero-order chi connectivity index (χ0) is 20.7. The number of carbonyl (C=O) groups is 2. The molecule has 0 fully saturated rings. The Kier molecular flexibility index (Phi) is 8.05. The molecule has 0 spiro atoms. The molecule has 0 saturated carbocycles. The fraction of sp³-hybridized carbons (Fsp3) is 0.364. The van der Waals surface area contributed by atoms with E-state index in [-0.39, 0.29) is 18.4 Å². The molecule has 0 radical (unpaired) electrons. The van der Waals surface area contributed by atoms with Crippen molar-refractivity contribution in [2.24, 2.45) is 0 Å². The Labute approximate surface area is 175 Å². The number of likely N-dealkylation sites (N-methyl/N-ethyl adjacent to an activating group) is 1. The van der Waals surface area contributed by atoms with Crippen LogP contribution in [0.2, 0.25) is 0 Å². The lowest BCUT2D eigenvalue weighted by Gasteiger charge is -2.28. The van der Waals surface area contributed by atoms with E-state index in [4.69, 9.17) is 4.74 Å². The van der Waals surface area contributed by atoms with Gasteiger partial charge in [0.15, 0.2) is 6.61 Å². The maximum atomic E-state index is 13.0. The van der Waals surface area contributed by atoms with Crippen molar-refractivity contribution in [2.75, 3.05) is 13.2 Å². The van der Waals surface area contributed by atoms with E-state index < -0.39 is 6.04 Å². The SMILES string of the molecule is CCNC(=O)[C@H](C)N(Cc1cccc(Br)c1)C(=O)COc1cc(C)ccc1C. The minimum atomic E-state index is -0.603. The van der Waals surface area contributed by atoms with Gasteiger partial charge < -0.3 is 15.0 Å². The van der Waals surface area contributed by atoms with Gasteiger partial charge in [0, 0.05) is 17.6 Å². The number of hydrogen-bond acceptors (Lipinski definition) is 3. The number of nitrogens with one attached hydrogen (secondary N) is 1. The van der Waals surface area contributed by atoms with Gasteiger partial charge in [0.1, 0.15) is 11.8 Å². The lowest BCUT2D eigenvalue weighted by atomic mass is 10.1. The highest BCUT2D eigenvalue weighted by Crippen LogP contribution is 2.20. The summed E-state index contributed by atoms with van der Waals surface area (Å²) in [6.45, 7) is 8.23. The molecule has 2 aromatic carbocycles. The van der Waals surface area contributed by atoms with Crippen molar-refractivity contribution in [3.8, 4) is 5.75 Å². The van der Waals surface area contributed by atoms with Crippen molar-refractivity contribution in [2.45, 2.75) is 40.3 Å². The van der Waals surface area contributed by atoms with Gasteiger partial charge in [-0.2, -0.15) is 0 Å². The van der Waals surface area contributed by atoms with E-state index >= 15 is 0 Å². The third-order valence-electron chi connectivity index (χ3n) is 4.46. The molecular weight excluding hydrogens is 420 g/mol. The van der Waals surface area contributed by atoms with Crippen LogP contribution in [0.4, 0.5) is 0 Å². The Bertz CT molecular complexity index is 838. The molecule has 0 bridgehead atoms. The molecule has 2 aromatic rings. The third-order valence-corrected chi connectivity index (χ3v) is 4.95. The number of nitrogens with zero attached hydrogens (tertiary/aromatic N) is 1. The van der Waals surface area contributed by atoms with E-state index in [1.807, 2.05) is 63.2 Å². The third kappa shape index (κ3) is 6.09. The van der Waals surface area contributed by atoms with Gasteiger partial charge in [-0.1, -0.05) is 40.2 Å². The van der Waals surface area contributed by atoms with Gasteiger partial charge in [-0.05, 0) is 62.6 Å². The number of rotatable bonds is 8. The van der Waals surface area contributed by atoms with E-state index in [1.54, 1.807) is 11.8 Å². The minimum absolute atomic E-state index is 0.123. The van der Waals surface area contributed by atoms with Crippen LogP contribution < -0.4 is 10.1 Å². The highest BCUT2D eigenvalue weighted by Gasteiger charge is 2.26. The second-order valence-electron chi connectivity index (χ2n) is 6.78. The number of carbonyl (C=O) groups excluding carboxylic acids is 2. The van der Waals surface area contributed by atoms with E-state index in [1.165, 1.54) is 0 Å². The second-order valence-corrected chi connectivity index (χ2v) is 7.70. The highest BCUT2D eigenvalue weighted by atomic mass is 79.9. The molecule has 6 heteroatoms. The molecule has 0 aliphatic rings. The van der Waals surface area contributed by atoms with Crippen LogP contribution in [0.25, 0.3) is 0 Å².